The second-order valence-corrected chi connectivity index (χ2v) is 7.80. The smallest absolute Gasteiger partial charge is 0.244 e. The van der Waals surface area contributed by atoms with E-state index in [9.17, 15) is 4.79 Å². The Morgan fingerprint density at radius 1 is 1.09 bits per heavy atom. The first-order valence-corrected chi connectivity index (χ1v) is 10.8. The number of hydrogen-bond acceptors (Lipinski definition) is 6. The van der Waals surface area contributed by atoms with Crippen LogP contribution in [0.15, 0.2) is 77.3 Å². The highest BCUT2D eigenvalue weighted by Gasteiger charge is 2.12. The predicted octanol–water partition coefficient (Wildman–Crippen LogP) is 4.31. The van der Waals surface area contributed by atoms with Crippen LogP contribution in [0.1, 0.15) is 11.1 Å². The Kier molecular flexibility index (Phi) is 6.62. The van der Waals surface area contributed by atoms with Crippen LogP contribution in [0.2, 0.25) is 0 Å². The number of methoxy groups -OCH3 is 2. The fourth-order valence-electron chi connectivity index (χ4n) is 3.19. The van der Waals surface area contributed by atoms with Gasteiger partial charge in [0.15, 0.2) is 11.5 Å². The average Bonchev–Trinajstić information content (AvgIpc) is 3.49. The average molecular weight is 447 g/mol. The van der Waals surface area contributed by atoms with Gasteiger partial charge in [-0.25, -0.2) is 10.1 Å². The van der Waals surface area contributed by atoms with E-state index in [0.717, 1.165) is 27.4 Å². The molecule has 162 valence electrons. The summed E-state index contributed by atoms with van der Waals surface area (Å²) in [6, 6.07) is 19.2. The van der Waals surface area contributed by atoms with Gasteiger partial charge in [0.25, 0.3) is 0 Å². The minimum absolute atomic E-state index is 0.165. The number of carbonyl (C=O) groups excluding carboxylic acids is 1. The number of para-hydroxylation sites is 1. The first kappa shape index (κ1) is 21.3. The number of carbonyl (C=O) groups is 1. The van der Waals surface area contributed by atoms with E-state index >= 15 is 0 Å². The molecule has 4 aromatic rings. The van der Waals surface area contributed by atoms with E-state index in [0.29, 0.717) is 11.5 Å². The highest BCUT2D eigenvalue weighted by molar-refractivity contribution is 7.13. The maximum absolute atomic E-state index is 12.4. The van der Waals surface area contributed by atoms with Crippen molar-refractivity contribution in [1.82, 2.24) is 15.2 Å². The van der Waals surface area contributed by atoms with Crippen molar-refractivity contribution < 1.29 is 14.3 Å². The molecule has 1 amide bonds. The number of ether oxygens (including phenoxy) is 2. The molecule has 4 rings (SSSR count). The quantitative estimate of drug-likeness (QED) is 0.323. The van der Waals surface area contributed by atoms with Gasteiger partial charge in [-0.15, -0.1) is 11.3 Å². The van der Waals surface area contributed by atoms with Gasteiger partial charge in [0.2, 0.25) is 5.91 Å². The van der Waals surface area contributed by atoms with Gasteiger partial charge < -0.3 is 9.47 Å². The summed E-state index contributed by atoms with van der Waals surface area (Å²) in [6.07, 6.45) is 3.68. The van der Waals surface area contributed by atoms with Gasteiger partial charge in [0.05, 0.1) is 37.4 Å². The van der Waals surface area contributed by atoms with Gasteiger partial charge in [0.1, 0.15) is 5.69 Å². The van der Waals surface area contributed by atoms with Crippen molar-refractivity contribution >= 4 is 23.5 Å². The number of nitrogens with zero attached hydrogens (tertiary/aromatic N) is 3. The van der Waals surface area contributed by atoms with Crippen LogP contribution in [0.3, 0.4) is 0 Å². The molecule has 0 aliphatic heterocycles. The van der Waals surface area contributed by atoms with Crippen molar-refractivity contribution in [2.75, 3.05) is 14.2 Å². The summed E-state index contributed by atoms with van der Waals surface area (Å²) in [5.74, 6) is 0.961. The summed E-state index contributed by atoms with van der Waals surface area (Å²) >= 11 is 1.60. The van der Waals surface area contributed by atoms with Crippen LogP contribution in [0.4, 0.5) is 0 Å². The van der Waals surface area contributed by atoms with E-state index in [1.54, 1.807) is 43.9 Å². The fraction of sp³-hybridized carbons (Fsp3) is 0.125. The minimum Gasteiger partial charge on any atom is -0.493 e. The number of rotatable bonds is 8. The zero-order valence-corrected chi connectivity index (χ0v) is 18.5. The molecule has 0 bridgehead atoms. The molecule has 0 aliphatic rings. The molecule has 8 heteroatoms. The number of aromatic nitrogens is 2. The van der Waals surface area contributed by atoms with Crippen LogP contribution >= 0.6 is 11.3 Å². The zero-order chi connectivity index (χ0) is 22.3. The van der Waals surface area contributed by atoms with Crippen LogP contribution in [-0.4, -0.2) is 36.1 Å². The molecule has 0 unspecified atom stereocenters. The standard InChI is InChI=1S/C24H22N4O3S/c1-30-20-11-10-17(13-21(20)31-2)14-23(29)26-25-15-18-16-28(19-7-4-3-5-8-19)27-24(18)22-9-6-12-32-22/h3-13,15-16H,14H2,1-2H3,(H,26,29). The lowest BCUT2D eigenvalue weighted by Gasteiger charge is -2.09. The molecule has 0 atom stereocenters. The van der Waals surface area contributed by atoms with E-state index in [1.807, 2.05) is 64.8 Å². The molecule has 1 N–H and O–H groups in total. The Morgan fingerprint density at radius 2 is 1.91 bits per heavy atom. The molecular weight excluding hydrogens is 424 g/mol. The maximum atomic E-state index is 12.4. The first-order chi connectivity index (χ1) is 15.7. The molecule has 0 saturated carbocycles. The third-order valence-electron chi connectivity index (χ3n) is 4.72. The highest BCUT2D eigenvalue weighted by atomic mass is 32.1. The topological polar surface area (TPSA) is 77.7 Å². The molecule has 2 aromatic carbocycles. The Hall–Kier alpha value is -3.91. The Labute approximate surface area is 189 Å². The van der Waals surface area contributed by atoms with Crippen LogP contribution < -0.4 is 14.9 Å². The third kappa shape index (κ3) is 4.87. The number of benzene rings is 2. The van der Waals surface area contributed by atoms with E-state index in [1.165, 1.54) is 0 Å². The minimum atomic E-state index is -0.235. The highest BCUT2D eigenvalue weighted by Crippen LogP contribution is 2.28. The monoisotopic (exact) mass is 446 g/mol. The lowest BCUT2D eigenvalue weighted by molar-refractivity contribution is -0.120. The number of amides is 1. The van der Waals surface area contributed by atoms with Crippen molar-refractivity contribution in [2.24, 2.45) is 5.10 Å². The second-order valence-electron chi connectivity index (χ2n) is 6.85. The summed E-state index contributed by atoms with van der Waals surface area (Å²) in [7, 11) is 3.14. The number of hydrogen-bond donors (Lipinski definition) is 1. The van der Waals surface area contributed by atoms with Crippen LogP contribution in [-0.2, 0) is 11.2 Å². The molecule has 0 spiro atoms. The number of nitrogens with one attached hydrogen (secondary N) is 1. The van der Waals surface area contributed by atoms with Crippen molar-refractivity contribution in [1.29, 1.82) is 0 Å². The molecule has 2 heterocycles. The van der Waals surface area contributed by atoms with Crippen LogP contribution in [0.25, 0.3) is 16.3 Å². The Bertz CT molecular complexity index is 1220. The predicted molar refractivity (Wildman–Crippen MR) is 126 cm³/mol. The molecule has 0 fully saturated rings. The van der Waals surface area contributed by atoms with E-state index in [4.69, 9.17) is 14.6 Å². The SMILES string of the molecule is COc1ccc(CC(=O)NN=Cc2cn(-c3ccccc3)nc2-c2cccs2)cc1OC. The third-order valence-corrected chi connectivity index (χ3v) is 5.60. The molecule has 0 aliphatic carbocycles. The number of hydrazone groups is 1. The molecule has 32 heavy (non-hydrogen) atoms. The molecule has 0 saturated heterocycles. The van der Waals surface area contributed by atoms with Crippen LogP contribution in [0.5, 0.6) is 11.5 Å². The second kappa shape index (κ2) is 9.93. The molecule has 7 nitrogen and oxygen atoms in total. The normalized spacial score (nSPS) is 10.9. The van der Waals surface area contributed by atoms with E-state index in [2.05, 4.69) is 10.5 Å². The van der Waals surface area contributed by atoms with Gasteiger partial charge in [-0.2, -0.15) is 10.2 Å². The zero-order valence-electron chi connectivity index (χ0n) is 17.7. The largest absolute Gasteiger partial charge is 0.493 e. The van der Waals surface area contributed by atoms with Gasteiger partial charge >= 0.3 is 0 Å². The summed E-state index contributed by atoms with van der Waals surface area (Å²) in [5.41, 5.74) is 5.95. The lowest BCUT2D eigenvalue weighted by atomic mass is 10.1. The lowest BCUT2D eigenvalue weighted by Crippen LogP contribution is -2.19. The van der Waals surface area contributed by atoms with Crippen molar-refractivity contribution in [3.63, 3.8) is 0 Å². The van der Waals surface area contributed by atoms with Crippen LogP contribution in [0, 0.1) is 0 Å². The summed E-state index contributed by atoms with van der Waals surface area (Å²) in [4.78, 5) is 13.4. The summed E-state index contributed by atoms with van der Waals surface area (Å²) < 4.78 is 12.3. The van der Waals surface area contributed by atoms with Gasteiger partial charge in [0, 0.05) is 11.8 Å². The summed E-state index contributed by atoms with van der Waals surface area (Å²) in [6.45, 7) is 0. The first-order valence-electron chi connectivity index (χ1n) is 9.89. The number of thiophene rings is 1. The van der Waals surface area contributed by atoms with Crippen molar-refractivity contribution in [3.8, 4) is 27.8 Å². The van der Waals surface area contributed by atoms with Crippen molar-refractivity contribution in [2.45, 2.75) is 6.42 Å². The van der Waals surface area contributed by atoms with Gasteiger partial charge in [-0.3, -0.25) is 4.79 Å². The molecule has 0 radical (unpaired) electrons. The summed E-state index contributed by atoms with van der Waals surface area (Å²) in [5, 5.41) is 10.9. The fourth-order valence-corrected chi connectivity index (χ4v) is 3.92. The van der Waals surface area contributed by atoms with Gasteiger partial charge in [-0.1, -0.05) is 30.3 Å². The maximum Gasteiger partial charge on any atom is 0.244 e. The van der Waals surface area contributed by atoms with Gasteiger partial charge in [-0.05, 0) is 41.3 Å². The Balaban J connectivity index is 1.49. The van der Waals surface area contributed by atoms with Crippen molar-refractivity contribution in [3.05, 3.63) is 83.4 Å². The molecular formula is C24H22N4O3S. The van der Waals surface area contributed by atoms with E-state index < -0.39 is 0 Å². The Morgan fingerprint density at radius 3 is 2.62 bits per heavy atom. The molecule has 2 aromatic heterocycles. The van der Waals surface area contributed by atoms with E-state index in [-0.39, 0.29) is 12.3 Å².